The molecule has 0 amide bonds. The fourth-order valence-electron chi connectivity index (χ4n) is 3.35. The number of rotatable bonds is 5. The van der Waals surface area contributed by atoms with Gasteiger partial charge in [0.25, 0.3) is 0 Å². The zero-order chi connectivity index (χ0) is 17.9. The molecular formula is C18H27F2IN4O. The van der Waals surface area contributed by atoms with E-state index in [1.54, 1.807) is 4.90 Å². The number of hydrogen-bond acceptors (Lipinski definition) is 3. The van der Waals surface area contributed by atoms with Crippen LogP contribution in [0.2, 0.25) is 0 Å². The predicted octanol–water partition coefficient (Wildman–Crippen LogP) is 2.63. The van der Waals surface area contributed by atoms with E-state index >= 15 is 0 Å². The molecule has 1 aliphatic heterocycles. The number of aliphatic hydroxyl groups is 1. The van der Waals surface area contributed by atoms with Crippen molar-refractivity contribution in [2.24, 2.45) is 4.99 Å². The summed E-state index contributed by atoms with van der Waals surface area (Å²) in [6.45, 7) is 4.15. The first-order valence-corrected chi connectivity index (χ1v) is 8.97. The minimum atomic E-state index is -0.666. The summed E-state index contributed by atoms with van der Waals surface area (Å²) in [6, 6.07) is 3.99. The third kappa shape index (κ3) is 4.97. The quantitative estimate of drug-likeness (QED) is 0.345. The maximum Gasteiger partial charge on any atom is 0.191 e. The van der Waals surface area contributed by atoms with Crippen LogP contribution in [-0.2, 0) is 0 Å². The number of nitrogens with zero attached hydrogens (tertiary/aromatic N) is 2. The van der Waals surface area contributed by atoms with Gasteiger partial charge in [0, 0.05) is 25.7 Å². The van der Waals surface area contributed by atoms with Gasteiger partial charge in [-0.15, -0.1) is 24.0 Å². The van der Waals surface area contributed by atoms with Gasteiger partial charge in [0.15, 0.2) is 5.96 Å². The van der Waals surface area contributed by atoms with Crippen LogP contribution in [0.25, 0.3) is 0 Å². The van der Waals surface area contributed by atoms with Crippen molar-refractivity contribution >= 4 is 35.6 Å². The number of para-hydroxylation sites is 1. The second-order valence-corrected chi connectivity index (χ2v) is 6.92. The number of hydrogen-bond donors (Lipinski definition) is 3. The third-order valence-electron chi connectivity index (χ3n) is 4.94. The van der Waals surface area contributed by atoms with Gasteiger partial charge in [-0.2, -0.15) is 0 Å². The maximum absolute atomic E-state index is 13.9. The molecule has 2 aliphatic rings. The van der Waals surface area contributed by atoms with E-state index in [0.29, 0.717) is 32.1 Å². The first-order valence-electron chi connectivity index (χ1n) is 8.97. The van der Waals surface area contributed by atoms with Gasteiger partial charge < -0.3 is 20.6 Å². The van der Waals surface area contributed by atoms with Crippen LogP contribution in [0.1, 0.15) is 32.6 Å². The van der Waals surface area contributed by atoms with Gasteiger partial charge in [-0.1, -0.05) is 6.07 Å². The summed E-state index contributed by atoms with van der Waals surface area (Å²) in [7, 11) is 0. The third-order valence-corrected chi connectivity index (χ3v) is 4.94. The van der Waals surface area contributed by atoms with Crippen LogP contribution in [0.5, 0.6) is 0 Å². The normalized spacial score (nSPS) is 21.8. The van der Waals surface area contributed by atoms with Crippen LogP contribution in [0.4, 0.5) is 14.5 Å². The van der Waals surface area contributed by atoms with Gasteiger partial charge in [-0.25, -0.2) is 8.78 Å². The summed E-state index contributed by atoms with van der Waals surface area (Å²) < 4.78 is 27.9. The van der Waals surface area contributed by atoms with E-state index in [0.717, 1.165) is 25.7 Å². The molecule has 1 saturated heterocycles. The summed E-state index contributed by atoms with van der Waals surface area (Å²) in [4.78, 5) is 6.21. The molecule has 8 heteroatoms. The molecule has 1 saturated carbocycles. The van der Waals surface area contributed by atoms with Gasteiger partial charge in [-0.05, 0) is 44.7 Å². The van der Waals surface area contributed by atoms with Gasteiger partial charge in [-0.3, -0.25) is 4.99 Å². The number of halogens is 3. The topological polar surface area (TPSA) is 59.9 Å². The zero-order valence-corrected chi connectivity index (χ0v) is 17.3. The summed E-state index contributed by atoms with van der Waals surface area (Å²) >= 11 is 0. The lowest BCUT2D eigenvalue weighted by Crippen LogP contribution is -2.46. The van der Waals surface area contributed by atoms with Crippen LogP contribution in [0, 0.1) is 11.6 Å². The number of benzene rings is 1. The molecule has 146 valence electrons. The Morgan fingerprint density at radius 3 is 2.62 bits per heavy atom. The molecular weight excluding hydrogens is 453 g/mol. The molecule has 3 rings (SSSR count). The summed E-state index contributed by atoms with van der Waals surface area (Å²) in [5, 5.41) is 16.7. The second-order valence-electron chi connectivity index (χ2n) is 6.92. The van der Waals surface area contributed by atoms with Crippen LogP contribution in [-0.4, -0.2) is 48.9 Å². The fourth-order valence-corrected chi connectivity index (χ4v) is 3.35. The lowest BCUT2D eigenvalue weighted by molar-refractivity contribution is -0.0236. The average Bonchev–Trinajstić information content (AvgIpc) is 2.99. The van der Waals surface area contributed by atoms with Crippen LogP contribution in [0.3, 0.4) is 0 Å². The molecule has 26 heavy (non-hydrogen) atoms. The van der Waals surface area contributed by atoms with Gasteiger partial charge in [0.1, 0.15) is 17.3 Å². The Kier molecular flexibility index (Phi) is 7.45. The van der Waals surface area contributed by atoms with Crippen molar-refractivity contribution in [1.82, 2.24) is 10.6 Å². The summed E-state index contributed by atoms with van der Waals surface area (Å²) in [5.74, 6) is -0.425. The number of anilines is 1. The van der Waals surface area contributed by atoms with Crippen molar-refractivity contribution < 1.29 is 13.9 Å². The van der Waals surface area contributed by atoms with Crippen molar-refractivity contribution in [1.29, 1.82) is 0 Å². The maximum atomic E-state index is 13.9. The number of aliphatic imine (C=N–C) groups is 1. The number of nitrogens with one attached hydrogen (secondary N) is 2. The van der Waals surface area contributed by atoms with E-state index in [1.807, 2.05) is 6.92 Å². The molecule has 0 bridgehead atoms. The SMILES string of the molecule is CCNC(=NCC1(O)CCC1)NC1CCN(c2c(F)cccc2F)C1.I. The highest BCUT2D eigenvalue weighted by molar-refractivity contribution is 14.0. The van der Waals surface area contributed by atoms with Gasteiger partial charge >= 0.3 is 0 Å². The predicted molar refractivity (Wildman–Crippen MR) is 110 cm³/mol. The molecule has 1 aromatic rings. The monoisotopic (exact) mass is 480 g/mol. The van der Waals surface area contributed by atoms with E-state index in [2.05, 4.69) is 15.6 Å². The van der Waals surface area contributed by atoms with E-state index in [-0.39, 0.29) is 35.7 Å². The molecule has 1 aromatic carbocycles. The average molecular weight is 480 g/mol. The molecule has 1 atom stereocenters. The van der Waals surface area contributed by atoms with Crippen molar-refractivity contribution in [3.05, 3.63) is 29.8 Å². The van der Waals surface area contributed by atoms with Crippen molar-refractivity contribution in [3.63, 3.8) is 0 Å². The fraction of sp³-hybridized carbons (Fsp3) is 0.611. The highest BCUT2D eigenvalue weighted by Gasteiger charge is 2.34. The molecule has 5 nitrogen and oxygen atoms in total. The van der Waals surface area contributed by atoms with Crippen molar-refractivity contribution in [2.75, 3.05) is 31.1 Å². The lowest BCUT2D eigenvalue weighted by atomic mass is 9.80. The van der Waals surface area contributed by atoms with Gasteiger partial charge in [0.2, 0.25) is 0 Å². The minimum absolute atomic E-state index is 0. The Balaban J connectivity index is 0.00000243. The second kappa shape index (κ2) is 9.16. The lowest BCUT2D eigenvalue weighted by Gasteiger charge is -2.35. The Labute approximate surface area is 170 Å². The molecule has 0 radical (unpaired) electrons. The Bertz CT molecular complexity index is 619. The largest absolute Gasteiger partial charge is 0.388 e. The summed E-state index contributed by atoms with van der Waals surface area (Å²) in [5.41, 5.74) is -0.627. The van der Waals surface area contributed by atoms with E-state index in [4.69, 9.17) is 0 Å². The molecule has 1 aliphatic carbocycles. The van der Waals surface area contributed by atoms with Crippen LogP contribution in [0.15, 0.2) is 23.2 Å². The van der Waals surface area contributed by atoms with E-state index in [9.17, 15) is 13.9 Å². The van der Waals surface area contributed by atoms with Crippen LogP contribution >= 0.6 is 24.0 Å². The molecule has 2 fully saturated rings. The van der Waals surface area contributed by atoms with E-state index < -0.39 is 17.2 Å². The summed E-state index contributed by atoms with van der Waals surface area (Å²) in [6.07, 6.45) is 3.39. The first-order chi connectivity index (χ1) is 12.0. The zero-order valence-electron chi connectivity index (χ0n) is 15.0. The van der Waals surface area contributed by atoms with Crippen molar-refractivity contribution in [2.45, 2.75) is 44.2 Å². The van der Waals surface area contributed by atoms with Gasteiger partial charge in [0.05, 0.1) is 12.1 Å². The highest BCUT2D eigenvalue weighted by atomic mass is 127. The standard InChI is InChI=1S/C18H26F2N4O.HI/c1-2-21-17(22-12-18(25)8-4-9-18)23-13-7-10-24(11-13)16-14(19)5-3-6-15(16)20;/h3,5-6,13,25H,2,4,7-12H2,1H3,(H2,21,22,23);1H. The first kappa shape index (κ1) is 21.1. The minimum Gasteiger partial charge on any atom is -0.388 e. The Morgan fingerprint density at radius 2 is 2.04 bits per heavy atom. The van der Waals surface area contributed by atoms with Crippen LogP contribution < -0.4 is 15.5 Å². The molecule has 1 unspecified atom stereocenters. The highest BCUT2D eigenvalue weighted by Crippen LogP contribution is 2.31. The molecule has 0 spiro atoms. The smallest absolute Gasteiger partial charge is 0.191 e. The Morgan fingerprint density at radius 1 is 1.35 bits per heavy atom. The number of guanidine groups is 1. The van der Waals surface area contributed by atoms with Crippen molar-refractivity contribution in [3.8, 4) is 0 Å². The molecule has 3 N–H and O–H groups in total. The molecule has 0 aromatic heterocycles. The van der Waals surface area contributed by atoms with E-state index in [1.165, 1.54) is 18.2 Å². The molecule has 1 heterocycles. The Hall–Kier alpha value is -1.16.